The van der Waals surface area contributed by atoms with Crippen LogP contribution in [0.4, 0.5) is 13.2 Å². The summed E-state index contributed by atoms with van der Waals surface area (Å²) in [4.78, 5) is 114. The highest BCUT2D eigenvalue weighted by molar-refractivity contribution is 5.84. The highest BCUT2D eigenvalue weighted by atomic mass is 19.4. The van der Waals surface area contributed by atoms with Crippen molar-refractivity contribution in [3.63, 3.8) is 0 Å². The number of carbonyl (C=O) groups excluding carboxylic acids is 10. The van der Waals surface area contributed by atoms with E-state index in [2.05, 4.69) is 133 Å². The first-order chi connectivity index (χ1) is 54.8. The third-order valence-electron chi connectivity index (χ3n) is 35.5. The lowest BCUT2D eigenvalue weighted by Gasteiger charge is -2.77. The fourth-order valence-electron chi connectivity index (χ4n) is 27.2. The number of hydrogen-bond acceptors (Lipinski definition) is 11. The lowest BCUT2D eigenvalue weighted by Crippen LogP contribution is -2.79. The van der Waals surface area contributed by atoms with Gasteiger partial charge in [-0.25, -0.2) is 0 Å². The number of carbonyl (C=O) groups is 10. The van der Waals surface area contributed by atoms with Crippen molar-refractivity contribution in [3.05, 3.63) is 0 Å². The molecule has 20 bridgehead atoms. The highest BCUT2D eigenvalue weighted by Gasteiger charge is 2.77. The lowest BCUT2D eigenvalue weighted by atomic mass is 9.32. The predicted octanol–water partition coefficient (Wildman–Crippen LogP) is 16.2. The molecule has 0 radical (unpaired) electrons. The molecule has 30 aliphatic rings. The number of alkyl halides is 3. The van der Waals surface area contributed by atoms with Crippen LogP contribution in [0, 0.1) is 88.7 Å². The summed E-state index contributed by atoms with van der Waals surface area (Å²) in [6.45, 7) is 56.2. The topological polar surface area (TPSA) is 294 Å². The Morgan fingerprint density at radius 2 is 0.533 bits per heavy atom. The summed E-state index contributed by atoms with van der Waals surface area (Å²) in [7, 11) is 3.88. The Kier molecular flexibility index (Phi) is 23.9. The van der Waals surface area contributed by atoms with E-state index in [0.29, 0.717) is 62.7 Å². The van der Waals surface area contributed by atoms with Gasteiger partial charge in [0.25, 0.3) is 0 Å². The molecule has 0 aliphatic heterocycles. The van der Waals surface area contributed by atoms with Crippen LogP contribution < -0.4 is 42.5 Å². The predicted molar refractivity (Wildman–Crippen MR) is 470 cm³/mol. The molecule has 30 aliphatic carbocycles. The molecule has 30 saturated carbocycles. The molecule has 122 heavy (non-hydrogen) atoms. The molecule has 0 saturated heterocycles. The average molecular weight is 1710 g/mol. The largest absolute Gasteiger partial charge is 0.471 e. The van der Waals surface area contributed by atoms with Crippen LogP contribution in [0.1, 0.15) is 386 Å². The molecule has 0 aromatic carbocycles. The molecule has 0 spiro atoms. The van der Waals surface area contributed by atoms with Crippen LogP contribution >= 0.6 is 0 Å². The fraction of sp³-hybridized carbons (Fsp3) is 0.898. The van der Waals surface area contributed by atoms with Crippen molar-refractivity contribution < 1.29 is 66.2 Å². The standard InChI is InChI=1S/C14H25NO.C12H21NO.C11H16F3NO.C10H17NO2.2C10H17NO.3C8H13NO.C7H11NO/c1-11(2,3)10(16)15-14-7-13(8-14,9-14)12(4,5)6;1-9(14)13(5)12-6-11(7-12,8-12)10(2,3)4;1-8(2,3)9-4-10(5-9,6-9)15-7(16)11(12,13)14;1-7(12)11-10-4-9(5-10,6-10)8(2,3)13;1-9(2,3)8(12)11-10-4-7(5-10)6-10;1-7(2)9-4-10(5-9,6-9)11-8(3)12;1-6(10)9(2)8-3-7(4-8)5-8;2*1-6(10)9-8-3-7(2,4-8)5-8;1-5(9)8-7-2-6(3-7)4-7/h7-9H2,1-6H3,(H,15,16);6-8H2,1-5H3;4-6H2,1-3H3,(H,15,16);13H,4-6H2,1-3H3,(H,11,12);2*7H,4-6H2,1-3H3,(H,11,12);7H,3-5H2,1-2H3;2*3-5H2,1-2H3,(H,9,10);6H,2-4H2,1H3,(H,8,9). The second-order valence-electron chi connectivity index (χ2n) is 52.3. The minimum absolute atomic E-state index is 0.0454. The molecule has 21 nitrogen and oxygen atoms in total. The Morgan fingerprint density at radius 1 is 0.311 bits per heavy atom. The number of nitrogens with one attached hydrogen (secondary N) is 8. The smallest absolute Gasteiger partial charge is 0.390 e. The van der Waals surface area contributed by atoms with Crippen LogP contribution in [0.3, 0.4) is 0 Å². The van der Waals surface area contributed by atoms with Crippen LogP contribution in [0.15, 0.2) is 0 Å². The first-order valence-corrected chi connectivity index (χ1v) is 46.5. The molecular weight excluding hydrogens is 1550 g/mol. The number of nitrogens with zero attached hydrogens (tertiary/aromatic N) is 2. The molecule has 0 heterocycles. The molecule has 692 valence electrons. The SMILES string of the molecule is CC(=O)N(C)C12CC(C(C)(C)C)(C1)C2.CC(=O)N(C)C12CC(C1)C2.CC(=O)NC12CC(C(C)(C)O)(C1)C2.CC(=O)NC12CC(C(C)C)(C1)C2.CC(=O)NC12CC(C)(C1)C2.CC(=O)NC12CC(C)(C1)C2.CC(=O)NC12CC(C1)C2.CC(C)(C)C(=O)NC12CC(C(C)(C)C)(C1)C2.CC(C)(C)C(=O)NC12CC(C1)C2.CC(C)(C)C12CC(NC(=O)C(F)(F)F)(C1)C2. The van der Waals surface area contributed by atoms with E-state index in [4.69, 9.17) is 0 Å². The van der Waals surface area contributed by atoms with Crippen molar-refractivity contribution >= 4 is 59.1 Å². The van der Waals surface area contributed by atoms with Crippen molar-refractivity contribution in [2.45, 2.75) is 454 Å². The molecule has 30 fully saturated rings. The molecule has 0 unspecified atom stereocenters. The second-order valence-corrected chi connectivity index (χ2v) is 52.3. The molecule has 30 rings (SSSR count). The van der Waals surface area contributed by atoms with Gasteiger partial charge in [-0.2, -0.15) is 13.2 Å². The Morgan fingerprint density at radius 3 is 0.730 bits per heavy atom. The lowest BCUT2D eigenvalue weighted by molar-refractivity contribution is -0.256. The Labute approximate surface area is 730 Å². The van der Waals surface area contributed by atoms with Crippen LogP contribution in [-0.4, -0.2) is 155 Å². The zero-order valence-corrected chi connectivity index (χ0v) is 81.1. The van der Waals surface area contributed by atoms with Gasteiger partial charge in [-0.3, -0.25) is 47.9 Å². The van der Waals surface area contributed by atoms with Gasteiger partial charge < -0.3 is 57.4 Å². The molecule has 0 aromatic rings. The third kappa shape index (κ3) is 18.1. The summed E-state index contributed by atoms with van der Waals surface area (Å²) < 4.78 is 36.2. The van der Waals surface area contributed by atoms with Crippen molar-refractivity contribution in [1.82, 2.24) is 52.3 Å². The first kappa shape index (κ1) is 97.1. The van der Waals surface area contributed by atoms with Gasteiger partial charge in [0, 0.05) is 134 Å². The Balaban J connectivity index is 0.000000133. The molecule has 9 N–H and O–H groups in total. The van der Waals surface area contributed by atoms with Crippen LogP contribution in [0.25, 0.3) is 0 Å². The quantitative estimate of drug-likeness (QED) is 0.0885. The van der Waals surface area contributed by atoms with Crippen molar-refractivity contribution in [2.75, 3.05) is 14.1 Å². The summed E-state index contributed by atoms with van der Waals surface area (Å²) in [5, 5.41) is 33.4. The van der Waals surface area contributed by atoms with Crippen molar-refractivity contribution in [3.8, 4) is 0 Å². The summed E-state index contributed by atoms with van der Waals surface area (Å²) in [5.74, 6) is 3.25. The zero-order chi connectivity index (χ0) is 92.1. The van der Waals surface area contributed by atoms with Gasteiger partial charge in [-0.1, -0.05) is 132 Å². The van der Waals surface area contributed by atoms with E-state index in [0.717, 1.165) is 42.9 Å². The summed E-state index contributed by atoms with van der Waals surface area (Å²) in [6, 6.07) is 0. The van der Waals surface area contributed by atoms with Gasteiger partial charge in [-0.05, 0) is 279 Å². The first-order valence-electron chi connectivity index (χ1n) is 46.5. The second kappa shape index (κ2) is 30.0. The molecule has 10 amide bonds. The normalized spacial score (nSPS) is 41.6. The van der Waals surface area contributed by atoms with Crippen molar-refractivity contribution in [2.24, 2.45) is 88.7 Å². The summed E-state index contributed by atoms with van der Waals surface area (Å²) in [5.41, 5.74) is 4.42. The number of aliphatic hydroxyl groups is 1. The third-order valence-corrected chi connectivity index (χ3v) is 35.5. The number of rotatable bonds is 12. The molecule has 0 aromatic heterocycles. The maximum absolute atomic E-state index is 12.1. The maximum atomic E-state index is 12.1. The highest BCUT2D eigenvalue weighted by Crippen LogP contribution is 2.78. The van der Waals surface area contributed by atoms with Gasteiger partial charge in [0.15, 0.2) is 0 Å². The Bertz CT molecular complexity index is 3850. The maximum Gasteiger partial charge on any atom is 0.471 e. The number of hydrogen-bond donors (Lipinski definition) is 9. The van der Waals surface area contributed by atoms with Crippen molar-refractivity contribution in [1.29, 1.82) is 0 Å². The van der Waals surface area contributed by atoms with Gasteiger partial charge in [0.2, 0.25) is 53.2 Å². The van der Waals surface area contributed by atoms with Crippen LogP contribution in [0.2, 0.25) is 0 Å². The van der Waals surface area contributed by atoms with Gasteiger partial charge in [-0.15, -0.1) is 0 Å². The van der Waals surface area contributed by atoms with E-state index in [1.807, 2.05) is 79.3 Å². The van der Waals surface area contributed by atoms with Gasteiger partial charge >= 0.3 is 12.1 Å². The van der Waals surface area contributed by atoms with E-state index in [1.54, 1.807) is 48.5 Å². The summed E-state index contributed by atoms with van der Waals surface area (Å²) in [6.07, 6.45) is 29.5. The minimum atomic E-state index is -4.76. The van der Waals surface area contributed by atoms with E-state index in [1.165, 1.54) is 154 Å². The fourth-order valence-corrected chi connectivity index (χ4v) is 27.2. The van der Waals surface area contributed by atoms with Gasteiger partial charge in [0.05, 0.1) is 5.60 Å². The minimum Gasteiger partial charge on any atom is -0.390 e. The average Bonchev–Trinajstić information content (AvgIpc) is 0.642. The molecule has 24 heteroatoms. The van der Waals surface area contributed by atoms with E-state index in [-0.39, 0.29) is 125 Å². The number of amides is 10. The monoisotopic (exact) mass is 1710 g/mol. The zero-order valence-electron chi connectivity index (χ0n) is 81.1. The van der Waals surface area contributed by atoms with Crippen LogP contribution in [0.5, 0.6) is 0 Å². The van der Waals surface area contributed by atoms with E-state index in [9.17, 15) is 66.2 Å². The van der Waals surface area contributed by atoms with Gasteiger partial charge in [0.1, 0.15) is 0 Å². The van der Waals surface area contributed by atoms with Crippen LogP contribution in [-0.2, 0) is 47.9 Å². The van der Waals surface area contributed by atoms with E-state index < -0.39 is 23.2 Å². The molecule has 0 atom stereocenters. The summed E-state index contributed by atoms with van der Waals surface area (Å²) >= 11 is 0. The Hall–Kier alpha value is -5.55. The molecular formula is C98H163F3N10O11. The number of halogens is 3. The van der Waals surface area contributed by atoms with E-state index >= 15 is 0 Å².